The summed E-state index contributed by atoms with van der Waals surface area (Å²) in [6, 6.07) is 8.61. The topological polar surface area (TPSA) is 56.2 Å². The van der Waals surface area contributed by atoms with Crippen molar-refractivity contribution in [1.29, 1.82) is 0 Å². The molecule has 0 fully saturated rings. The maximum Gasteiger partial charge on any atom is 0.269 e. The van der Waals surface area contributed by atoms with Crippen molar-refractivity contribution in [2.75, 3.05) is 7.05 Å². The molecule has 94 valence electrons. The highest BCUT2D eigenvalue weighted by Gasteiger charge is 2.10. The number of halogens is 1. The largest absolute Gasteiger partial charge is 0.471 e. The van der Waals surface area contributed by atoms with Crippen LogP contribution in [0.1, 0.15) is 10.5 Å². The molecule has 0 unspecified atom stereocenters. The van der Waals surface area contributed by atoms with E-state index in [1.807, 2.05) is 0 Å². The molecule has 1 N–H and O–H groups in total. The molecule has 1 heterocycles. The van der Waals surface area contributed by atoms with E-state index in [1.165, 1.54) is 4.68 Å². The predicted octanol–water partition coefficient (Wildman–Crippen LogP) is 1.93. The van der Waals surface area contributed by atoms with Crippen molar-refractivity contribution in [2.24, 2.45) is 0 Å². The molecule has 1 aromatic carbocycles. The minimum Gasteiger partial charge on any atom is -0.471 e. The van der Waals surface area contributed by atoms with E-state index in [4.69, 9.17) is 16.3 Å². The SMILES string of the molecule is CNC(=O)c1ccnn1COc1ccc(Cl)cc1. The number of rotatable bonds is 4. The van der Waals surface area contributed by atoms with Crippen LogP contribution in [0.4, 0.5) is 0 Å². The number of hydrogen-bond acceptors (Lipinski definition) is 3. The minimum atomic E-state index is -0.202. The van der Waals surface area contributed by atoms with E-state index in [-0.39, 0.29) is 12.6 Å². The van der Waals surface area contributed by atoms with Gasteiger partial charge in [0.15, 0.2) is 6.73 Å². The summed E-state index contributed by atoms with van der Waals surface area (Å²) in [6.45, 7) is 0.164. The van der Waals surface area contributed by atoms with E-state index in [9.17, 15) is 4.79 Å². The average Bonchev–Trinajstić information content (AvgIpc) is 2.85. The zero-order valence-electron chi connectivity index (χ0n) is 9.76. The number of ether oxygens (including phenoxy) is 1. The quantitative estimate of drug-likeness (QED) is 0.919. The van der Waals surface area contributed by atoms with Crippen molar-refractivity contribution in [3.05, 3.63) is 47.2 Å². The van der Waals surface area contributed by atoms with Gasteiger partial charge in [0.25, 0.3) is 5.91 Å². The average molecular weight is 266 g/mol. The molecule has 2 aromatic rings. The summed E-state index contributed by atoms with van der Waals surface area (Å²) in [4.78, 5) is 11.5. The molecular formula is C12H12ClN3O2. The Kier molecular flexibility index (Phi) is 3.84. The van der Waals surface area contributed by atoms with Crippen LogP contribution < -0.4 is 10.1 Å². The van der Waals surface area contributed by atoms with Gasteiger partial charge >= 0.3 is 0 Å². The first-order chi connectivity index (χ1) is 8.70. The van der Waals surface area contributed by atoms with Gasteiger partial charge in [0, 0.05) is 18.3 Å². The van der Waals surface area contributed by atoms with E-state index in [0.29, 0.717) is 16.5 Å². The van der Waals surface area contributed by atoms with Gasteiger partial charge in [-0.05, 0) is 30.3 Å². The second-order valence-electron chi connectivity index (χ2n) is 3.52. The Morgan fingerprint density at radius 3 is 2.78 bits per heavy atom. The third-order valence-electron chi connectivity index (χ3n) is 2.34. The fraction of sp³-hybridized carbons (Fsp3) is 0.167. The number of carbonyl (C=O) groups is 1. The lowest BCUT2D eigenvalue weighted by molar-refractivity contribution is 0.0942. The summed E-state index contributed by atoms with van der Waals surface area (Å²) in [5.41, 5.74) is 0.450. The number of hydrogen-bond donors (Lipinski definition) is 1. The fourth-order valence-corrected chi connectivity index (χ4v) is 1.55. The van der Waals surface area contributed by atoms with E-state index in [0.717, 1.165) is 0 Å². The van der Waals surface area contributed by atoms with Gasteiger partial charge in [-0.25, -0.2) is 4.68 Å². The maximum absolute atomic E-state index is 11.5. The van der Waals surface area contributed by atoms with Gasteiger partial charge in [-0.2, -0.15) is 5.10 Å². The number of benzene rings is 1. The molecule has 0 spiro atoms. The molecule has 0 aliphatic heterocycles. The summed E-state index contributed by atoms with van der Waals surface area (Å²) >= 11 is 5.77. The summed E-state index contributed by atoms with van der Waals surface area (Å²) in [5.74, 6) is 0.463. The highest BCUT2D eigenvalue weighted by Crippen LogP contribution is 2.16. The predicted molar refractivity (Wildman–Crippen MR) is 67.7 cm³/mol. The number of carbonyl (C=O) groups excluding carboxylic acids is 1. The molecular weight excluding hydrogens is 254 g/mol. The molecule has 0 saturated heterocycles. The van der Waals surface area contributed by atoms with Gasteiger partial charge in [0.1, 0.15) is 11.4 Å². The maximum atomic E-state index is 11.5. The number of nitrogens with one attached hydrogen (secondary N) is 1. The Bertz CT molecular complexity index is 537. The van der Waals surface area contributed by atoms with E-state index < -0.39 is 0 Å². The Hall–Kier alpha value is -2.01. The van der Waals surface area contributed by atoms with Gasteiger partial charge in [-0.1, -0.05) is 11.6 Å². The standard InChI is InChI=1S/C12H12ClN3O2/c1-14-12(17)11-6-7-15-16(11)8-18-10-4-2-9(13)3-5-10/h2-7H,8H2,1H3,(H,14,17). The molecule has 0 radical (unpaired) electrons. The van der Waals surface area contributed by atoms with Crippen LogP contribution in [0.25, 0.3) is 0 Å². The fourth-order valence-electron chi connectivity index (χ4n) is 1.42. The Morgan fingerprint density at radius 2 is 2.11 bits per heavy atom. The molecule has 1 aromatic heterocycles. The molecule has 1 amide bonds. The van der Waals surface area contributed by atoms with Crippen LogP contribution in [0.2, 0.25) is 5.02 Å². The molecule has 5 nitrogen and oxygen atoms in total. The molecule has 0 atom stereocenters. The zero-order chi connectivity index (χ0) is 13.0. The van der Waals surface area contributed by atoms with Crippen LogP contribution in [0.3, 0.4) is 0 Å². The molecule has 18 heavy (non-hydrogen) atoms. The first-order valence-electron chi connectivity index (χ1n) is 5.33. The molecule has 0 bridgehead atoms. The Morgan fingerprint density at radius 1 is 1.39 bits per heavy atom. The van der Waals surface area contributed by atoms with Crippen LogP contribution in [0.15, 0.2) is 36.5 Å². The lowest BCUT2D eigenvalue weighted by Crippen LogP contribution is -2.23. The van der Waals surface area contributed by atoms with Gasteiger partial charge in [-0.15, -0.1) is 0 Å². The number of amides is 1. The van der Waals surface area contributed by atoms with Crippen molar-refractivity contribution in [1.82, 2.24) is 15.1 Å². The van der Waals surface area contributed by atoms with Gasteiger partial charge < -0.3 is 10.1 Å². The van der Waals surface area contributed by atoms with Gasteiger partial charge in [0.2, 0.25) is 0 Å². The molecule has 0 saturated carbocycles. The summed E-state index contributed by atoms with van der Waals surface area (Å²) in [5, 5.41) is 7.21. The minimum absolute atomic E-state index is 0.164. The van der Waals surface area contributed by atoms with E-state index >= 15 is 0 Å². The highest BCUT2D eigenvalue weighted by molar-refractivity contribution is 6.30. The third kappa shape index (κ3) is 2.81. The second-order valence-corrected chi connectivity index (χ2v) is 3.96. The third-order valence-corrected chi connectivity index (χ3v) is 2.60. The van der Waals surface area contributed by atoms with Crippen LogP contribution in [0, 0.1) is 0 Å². The van der Waals surface area contributed by atoms with Crippen LogP contribution in [-0.2, 0) is 6.73 Å². The second kappa shape index (κ2) is 5.55. The smallest absolute Gasteiger partial charge is 0.269 e. The van der Waals surface area contributed by atoms with Crippen molar-refractivity contribution in [2.45, 2.75) is 6.73 Å². The van der Waals surface area contributed by atoms with E-state index in [2.05, 4.69) is 10.4 Å². The van der Waals surface area contributed by atoms with Crippen molar-refractivity contribution >= 4 is 17.5 Å². The summed E-state index contributed by atoms with van der Waals surface area (Å²) in [6.07, 6.45) is 1.55. The molecule has 0 aliphatic rings. The van der Waals surface area contributed by atoms with Gasteiger partial charge in [-0.3, -0.25) is 4.79 Å². The monoisotopic (exact) mass is 265 g/mol. The normalized spacial score (nSPS) is 10.1. The van der Waals surface area contributed by atoms with Crippen LogP contribution in [-0.4, -0.2) is 22.7 Å². The molecule has 6 heteroatoms. The highest BCUT2D eigenvalue weighted by atomic mass is 35.5. The Balaban J connectivity index is 2.04. The lowest BCUT2D eigenvalue weighted by atomic mass is 10.3. The number of nitrogens with zero attached hydrogens (tertiary/aromatic N) is 2. The van der Waals surface area contributed by atoms with Crippen LogP contribution >= 0.6 is 11.6 Å². The van der Waals surface area contributed by atoms with Crippen LogP contribution in [0.5, 0.6) is 5.75 Å². The molecule has 2 rings (SSSR count). The first kappa shape index (κ1) is 12.4. The van der Waals surface area contributed by atoms with Gasteiger partial charge in [0.05, 0.1) is 0 Å². The van der Waals surface area contributed by atoms with Crippen molar-refractivity contribution in [3.8, 4) is 5.75 Å². The summed E-state index contributed by atoms with van der Waals surface area (Å²) < 4.78 is 6.98. The number of aromatic nitrogens is 2. The lowest BCUT2D eigenvalue weighted by Gasteiger charge is -2.08. The van der Waals surface area contributed by atoms with E-state index in [1.54, 1.807) is 43.6 Å². The first-order valence-corrected chi connectivity index (χ1v) is 5.71. The van der Waals surface area contributed by atoms with Crippen molar-refractivity contribution in [3.63, 3.8) is 0 Å². The Labute approximate surface area is 109 Å². The molecule has 0 aliphatic carbocycles. The summed E-state index contributed by atoms with van der Waals surface area (Å²) in [7, 11) is 1.57. The van der Waals surface area contributed by atoms with Crippen molar-refractivity contribution < 1.29 is 9.53 Å². The zero-order valence-corrected chi connectivity index (χ0v) is 10.5.